The Labute approximate surface area is 97.5 Å². The molecule has 0 N–H and O–H groups in total. The van der Waals surface area contributed by atoms with Crippen molar-refractivity contribution in [1.82, 2.24) is 4.90 Å². The Morgan fingerprint density at radius 1 is 1.50 bits per heavy atom. The van der Waals surface area contributed by atoms with Crippen LogP contribution in [0.5, 0.6) is 0 Å². The van der Waals surface area contributed by atoms with E-state index in [0.29, 0.717) is 12.0 Å². The summed E-state index contributed by atoms with van der Waals surface area (Å²) in [6, 6.07) is 0.332. The first-order chi connectivity index (χ1) is 7.38. The molecule has 3 nitrogen and oxygen atoms in total. The second kappa shape index (κ2) is 3.79. The van der Waals surface area contributed by atoms with Crippen molar-refractivity contribution in [2.45, 2.75) is 52.2 Å². The van der Waals surface area contributed by atoms with Gasteiger partial charge in [0.15, 0.2) is 0 Å². The Bertz CT molecular complexity index is 327. The summed E-state index contributed by atoms with van der Waals surface area (Å²) >= 11 is 0. The number of hydrogen-bond donors (Lipinski definition) is 0. The molecule has 0 aromatic rings. The molecule has 1 saturated heterocycles. The van der Waals surface area contributed by atoms with Crippen molar-refractivity contribution in [1.29, 1.82) is 0 Å². The maximum atomic E-state index is 12.0. The van der Waals surface area contributed by atoms with Crippen molar-refractivity contribution >= 4 is 6.09 Å². The van der Waals surface area contributed by atoms with Gasteiger partial charge in [-0.15, -0.1) is 0 Å². The van der Waals surface area contributed by atoms with Crippen LogP contribution in [0, 0.1) is 5.92 Å². The summed E-state index contributed by atoms with van der Waals surface area (Å²) in [5.74, 6) is 0.515. The molecule has 1 fully saturated rings. The fourth-order valence-electron chi connectivity index (χ4n) is 2.60. The summed E-state index contributed by atoms with van der Waals surface area (Å²) in [6.45, 7) is 8.76. The molecule has 0 aromatic carbocycles. The number of likely N-dealkylation sites (tertiary alicyclic amines) is 1. The van der Waals surface area contributed by atoms with Crippen LogP contribution in [0.25, 0.3) is 0 Å². The first-order valence-corrected chi connectivity index (χ1v) is 6.07. The van der Waals surface area contributed by atoms with Crippen molar-refractivity contribution in [3.63, 3.8) is 0 Å². The lowest BCUT2D eigenvalue weighted by molar-refractivity contribution is 0.0102. The summed E-state index contributed by atoms with van der Waals surface area (Å²) in [5.41, 5.74) is 1.12. The lowest BCUT2D eigenvalue weighted by atomic mass is 9.92. The van der Waals surface area contributed by atoms with Crippen LogP contribution in [0.2, 0.25) is 0 Å². The molecule has 0 radical (unpaired) electrons. The van der Waals surface area contributed by atoms with E-state index in [9.17, 15) is 4.79 Å². The van der Waals surface area contributed by atoms with E-state index in [1.54, 1.807) is 0 Å². The average molecular weight is 223 g/mol. The fraction of sp³-hybridized carbons (Fsp3) is 0.769. The van der Waals surface area contributed by atoms with Crippen molar-refractivity contribution in [3.05, 3.63) is 11.6 Å². The summed E-state index contributed by atoms with van der Waals surface area (Å²) < 4.78 is 5.44. The smallest absolute Gasteiger partial charge is 0.410 e. The summed E-state index contributed by atoms with van der Waals surface area (Å²) in [5, 5.41) is 0. The summed E-state index contributed by atoms with van der Waals surface area (Å²) in [7, 11) is 0. The molecule has 2 atom stereocenters. The predicted octanol–water partition coefficient (Wildman–Crippen LogP) is 2.96. The molecule has 2 bridgehead atoms. The standard InChI is InChI=1S/C13H21NO2/c1-9-10-5-6-11(9)14(8-7-10)12(15)16-13(2,3)4/h5,9,11H,6-8H2,1-4H3. The Morgan fingerprint density at radius 2 is 2.19 bits per heavy atom. The van der Waals surface area contributed by atoms with Crippen LogP contribution in [-0.4, -0.2) is 29.2 Å². The number of carbonyl (C=O) groups is 1. The van der Waals surface area contributed by atoms with E-state index in [0.717, 1.165) is 19.4 Å². The molecule has 2 unspecified atom stereocenters. The van der Waals surface area contributed by atoms with E-state index in [-0.39, 0.29) is 6.09 Å². The number of carbonyl (C=O) groups excluding carboxylic acids is 1. The van der Waals surface area contributed by atoms with Crippen LogP contribution in [-0.2, 0) is 4.74 Å². The van der Waals surface area contributed by atoms with Gasteiger partial charge in [0.2, 0.25) is 0 Å². The summed E-state index contributed by atoms with van der Waals surface area (Å²) in [6.07, 6.45) is 4.14. The quantitative estimate of drug-likeness (QED) is 0.591. The first kappa shape index (κ1) is 11.5. The normalized spacial score (nSPS) is 29.0. The number of amides is 1. The number of ether oxygens (including phenoxy) is 1. The maximum absolute atomic E-state index is 12.0. The van der Waals surface area contributed by atoms with E-state index in [2.05, 4.69) is 13.0 Å². The molecule has 2 aliphatic rings. The van der Waals surface area contributed by atoms with Crippen molar-refractivity contribution < 1.29 is 9.53 Å². The van der Waals surface area contributed by atoms with Gasteiger partial charge in [-0.1, -0.05) is 18.6 Å². The molecule has 16 heavy (non-hydrogen) atoms. The monoisotopic (exact) mass is 223 g/mol. The molecule has 0 spiro atoms. The van der Waals surface area contributed by atoms with Crippen molar-refractivity contribution in [2.24, 2.45) is 5.92 Å². The SMILES string of the molecule is CC1C2=CCC1N(C(=O)OC(C)(C)C)CC2. The molecule has 0 saturated carbocycles. The maximum Gasteiger partial charge on any atom is 0.410 e. The zero-order valence-corrected chi connectivity index (χ0v) is 10.6. The van der Waals surface area contributed by atoms with Gasteiger partial charge < -0.3 is 9.64 Å². The largest absolute Gasteiger partial charge is 0.444 e. The first-order valence-electron chi connectivity index (χ1n) is 6.07. The third kappa shape index (κ3) is 2.08. The molecule has 1 aliphatic carbocycles. The summed E-state index contributed by atoms with van der Waals surface area (Å²) in [4.78, 5) is 13.9. The van der Waals surface area contributed by atoms with Gasteiger partial charge in [-0.05, 0) is 39.5 Å². The van der Waals surface area contributed by atoms with E-state index in [4.69, 9.17) is 4.74 Å². The second-order valence-corrected chi connectivity index (χ2v) is 5.79. The topological polar surface area (TPSA) is 29.5 Å². The lowest BCUT2D eigenvalue weighted by Gasteiger charge is -2.37. The highest BCUT2D eigenvalue weighted by Crippen LogP contribution is 2.37. The highest BCUT2D eigenvalue weighted by molar-refractivity contribution is 5.69. The predicted molar refractivity (Wildman–Crippen MR) is 63.2 cm³/mol. The van der Waals surface area contributed by atoms with Gasteiger partial charge >= 0.3 is 6.09 Å². The van der Waals surface area contributed by atoms with E-state index < -0.39 is 5.60 Å². The minimum absolute atomic E-state index is 0.154. The lowest BCUT2D eigenvalue weighted by Crippen LogP contribution is -2.48. The Balaban J connectivity index is 2.03. The molecular weight excluding hydrogens is 202 g/mol. The number of hydrogen-bond acceptors (Lipinski definition) is 2. The number of nitrogens with zero attached hydrogens (tertiary/aromatic N) is 1. The zero-order chi connectivity index (χ0) is 11.9. The number of rotatable bonds is 0. The van der Waals surface area contributed by atoms with Gasteiger partial charge in [-0.3, -0.25) is 0 Å². The minimum Gasteiger partial charge on any atom is -0.444 e. The second-order valence-electron chi connectivity index (χ2n) is 5.79. The van der Waals surface area contributed by atoms with Gasteiger partial charge in [0.25, 0.3) is 0 Å². The van der Waals surface area contributed by atoms with Crippen LogP contribution >= 0.6 is 0 Å². The molecule has 1 heterocycles. The Morgan fingerprint density at radius 3 is 2.81 bits per heavy atom. The molecule has 1 amide bonds. The number of piperidine rings is 1. The number of fused-ring (bicyclic) bond motifs is 2. The van der Waals surface area contributed by atoms with Crippen LogP contribution < -0.4 is 0 Å². The van der Waals surface area contributed by atoms with Crippen LogP contribution in [0.3, 0.4) is 0 Å². The van der Waals surface area contributed by atoms with Crippen LogP contribution in [0.1, 0.15) is 40.5 Å². The molecule has 1 aliphatic heterocycles. The third-order valence-electron chi connectivity index (χ3n) is 3.45. The van der Waals surface area contributed by atoms with Gasteiger partial charge in [-0.25, -0.2) is 4.79 Å². The van der Waals surface area contributed by atoms with Crippen LogP contribution in [0.15, 0.2) is 11.6 Å². The van der Waals surface area contributed by atoms with Gasteiger partial charge in [0.1, 0.15) is 5.60 Å². The van der Waals surface area contributed by atoms with Crippen molar-refractivity contribution in [3.8, 4) is 0 Å². The van der Waals surface area contributed by atoms with Crippen molar-refractivity contribution in [2.75, 3.05) is 6.54 Å². The van der Waals surface area contributed by atoms with E-state index in [1.807, 2.05) is 25.7 Å². The van der Waals surface area contributed by atoms with E-state index in [1.165, 1.54) is 5.57 Å². The molecule has 90 valence electrons. The van der Waals surface area contributed by atoms with Crippen LogP contribution in [0.4, 0.5) is 4.79 Å². The highest BCUT2D eigenvalue weighted by Gasteiger charge is 2.39. The Hall–Kier alpha value is -0.990. The van der Waals surface area contributed by atoms with E-state index >= 15 is 0 Å². The van der Waals surface area contributed by atoms with Gasteiger partial charge in [0.05, 0.1) is 0 Å². The molecular formula is C13H21NO2. The molecule has 3 heteroatoms. The highest BCUT2D eigenvalue weighted by atomic mass is 16.6. The Kier molecular flexibility index (Phi) is 2.72. The molecule has 0 aromatic heterocycles. The average Bonchev–Trinajstić information content (AvgIpc) is 2.41. The fourth-order valence-corrected chi connectivity index (χ4v) is 2.60. The molecule has 2 rings (SSSR count). The third-order valence-corrected chi connectivity index (χ3v) is 3.45. The van der Waals surface area contributed by atoms with Gasteiger partial charge in [0, 0.05) is 12.6 Å². The minimum atomic E-state index is -0.396. The van der Waals surface area contributed by atoms with Gasteiger partial charge in [-0.2, -0.15) is 0 Å². The zero-order valence-electron chi connectivity index (χ0n) is 10.6.